The van der Waals surface area contributed by atoms with Crippen LogP contribution >= 0.6 is 0 Å². The zero-order valence-corrected chi connectivity index (χ0v) is 17.9. The molecule has 160 valence electrons. The number of nitrogens with zero attached hydrogens (tertiary/aromatic N) is 4. The van der Waals surface area contributed by atoms with Crippen LogP contribution in [0.2, 0.25) is 0 Å². The molecule has 2 saturated heterocycles. The third kappa shape index (κ3) is 3.38. The number of ether oxygens (including phenoxy) is 1. The molecule has 0 aromatic heterocycles. The maximum atomic E-state index is 12.1. The molecule has 2 bridgehead atoms. The van der Waals surface area contributed by atoms with Crippen molar-refractivity contribution in [3.8, 4) is 5.75 Å². The Morgan fingerprint density at radius 2 is 1.90 bits per heavy atom. The molecular weight excluding hydrogens is 404 g/mol. The number of fused-ring (bicyclic) bond motifs is 2. The standard InChI is InChI=1S/C21H26N4O4S/c1-24-19(26)7-6-18(22-24)15-2-4-17(5-3-15)29-14-21-10-8-16(9-11-21)25-12-13-30(27,28)23-20(21)25/h2-5,16H,6-14H2,1H3. The van der Waals surface area contributed by atoms with Crippen LogP contribution in [0, 0.1) is 5.41 Å². The predicted molar refractivity (Wildman–Crippen MR) is 113 cm³/mol. The van der Waals surface area contributed by atoms with Gasteiger partial charge in [-0.05, 0) is 55.5 Å². The number of hydrazone groups is 1. The highest BCUT2D eigenvalue weighted by atomic mass is 32.2. The molecule has 9 heteroatoms. The minimum atomic E-state index is -3.37. The molecular formula is C21H26N4O4S. The van der Waals surface area contributed by atoms with Crippen molar-refractivity contribution in [3.05, 3.63) is 29.8 Å². The number of sulfonamides is 1. The Morgan fingerprint density at radius 1 is 1.17 bits per heavy atom. The quantitative estimate of drug-likeness (QED) is 0.729. The third-order valence-corrected chi connectivity index (χ3v) is 7.97. The second-order valence-electron chi connectivity index (χ2n) is 8.68. The van der Waals surface area contributed by atoms with E-state index < -0.39 is 10.0 Å². The summed E-state index contributed by atoms with van der Waals surface area (Å²) in [5.74, 6) is 1.60. The number of hydrogen-bond donors (Lipinski definition) is 0. The molecule has 0 N–H and O–H groups in total. The van der Waals surface area contributed by atoms with Crippen molar-refractivity contribution in [1.29, 1.82) is 0 Å². The van der Waals surface area contributed by atoms with Gasteiger partial charge in [-0.25, -0.2) is 13.4 Å². The van der Waals surface area contributed by atoms with Crippen LogP contribution in [0.25, 0.3) is 0 Å². The first-order valence-electron chi connectivity index (χ1n) is 10.5. The molecule has 1 aromatic rings. The lowest BCUT2D eigenvalue weighted by atomic mass is 9.67. The molecule has 3 fully saturated rings. The van der Waals surface area contributed by atoms with Gasteiger partial charge in [-0.3, -0.25) is 4.79 Å². The normalized spacial score (nSPS) is 29.9. The largest absolute Gasteiger partial charge is 0.493 e. The molecule has 1 aromatic carbocycles. The number of amidine groups is 1. The summed E-state index contributed by atoms with van der Waals surface area (Å²) < 4.78 is 34.6. The minimum absolute atomic E-state index is 0.0295. The molecule has 4 heterocycles. The third-order valence-electron chi connectivity index (χ3n) is 6.83. The Hall–Kier alpha value is -2.42. The minimum Gasteiger partial charge on any atom is -0.493 e. The second kappa shape index (κ2) is 7.08. The lowest BCUT2D eigenvalue weighted by molar-refractivity contribution is -0.130. The molecule has 4 aliphatic heterocycles. The molecule has 0 spiro atoms. The number of rotatable bonds is 4. The number of benzene rings is 1. The first-order chi connectivity index (χ1) is 14.4. The summed E-state index contributed by atoms with van der Waals surface area (Å²) in [4.78, 5) is 13.8. The Balaban J connectivity index is 1.33. The first kappa shape index (κ1) is 19.5. The van der Waals surface area contributed by atoms with Crippen LogP contribution in [0.5, 0.6) is 5.75 Å². The Kier molecular flexibility index (Phi) is 4.61. The van der Waals surface area contributed by atoms with Crippen LogP contribution in [0.15, 0.2) is 33.8 Å². The summed E-state index contributed by atoms with van der Waals surface area (Å²) in [6.07, 6.45) is 5.06. The van der Waals surface area contributed by atoms with E-state index in [9.17, 15) is 13.2 Å². The number of piperidine rings is 2. The summed E-state index contributed by atoms with van der Waals surface area (Å²) in [5.41, 5.74) is 1.55. The summed E-state index contributed by atoms with van der Waals surface area (Å²) in [7, 11) is -1.70. The molecule has 1 amide bonds. The fraction of sp³-hybridized carbons (Fsp3) is 0.571. The van der Waals surface area contributed by atoms with E-state index in [1.54, 1.807) is 7.05 Å². The average molecular weight is 431 g/mol. The van der Waals surface area contributed by atoms with Crippen LogP contribution in [-0.2, 0) is 14.8 Å². The SMILES string of the molecule is CN1N=C(c2ccc(OCC34CCC(CC3)N3CCS(=O)(=O)N=C34)cc2)CCC1=O. The fourth-order valence-electron chi connectivity index (χ4n) is 5.05. The van der Waals surface area contributed by atoms with E-state index in [0.29, 0.717) is 32.0 Å². The highest BCUT2D eigenvalue weighted by Crippen LogP contribution is 2.47. The van der Waals surface area contributed by atoms with E-state index in [2.05, 4.69) is 14.4 Å². The van der Waals surface area contributed by atoms with Gasteiger partial charge in [-0.1, -0.05) is 0 Å². The smallest absolute Gasteiger partial charge is 0.256 e. The lowest BCUT2D eigenvalue weighted by Crippen LogP contribution is -2.62. The molecule has 1 saturated carbocycles. The molecule has 6 rings (SSSR count). The van der Waals surface area contributed by atoms with Gasteiger partial charge < -0.3 is 9.64 Å². The van der Waals surface area contributed by atoms with Crippen LogP contribution in [-0.4, -0.2) is 67.8 Å². The Labute approximate surface area is 176 Å². The number of carbonyl (C=O) groups is 1. The topological polar surface area (TPSA) is 91.6 Å². The Bertz CT molecular complexity index is 1020. The van der Waals surface area contributed by atoms with Crippen molar-refractivity contribution in [1.82, 2.24) is 9.91 Å². The van der Waals surface area contributed by atoms with Crippen molar-refractivity contribution in [3.63, 3.8) is 0 Å². The van der Waals surface area contributed by atoms with E-state index >= 15 is 0 Å². The highest BCUT2D eigenvalue weighted by Gasteiger charge is 2.52. The summed E-state index contributed by atoms with van der Waals surface area (Å²) in [5, 5.41) is 5.75. The van der Waals surface area contributed by atoms with Crippen LogP contribution in [0.1, 0.15) is 44.1 Å². The monoisotopic (exact) mass is 430 g/mol. The van der Waals surface area contributed by atoms with Crippen molar-refractivity contribution in [2.24, 2.45) is 14.9 Å². The maximum absolute atomic E-state index is 12.1. The van der Waals surface area contributed by atoms with Gasteiger partial charge in [-0.15, -0.1) is 4.40 Å². The molecule has 0 unspecified atom stereocenters. The van der Waals surface area contributed by atoms with Gasteiger partial charge >= 0.3 is 0 Å². The number of carbonyl (C=O) groups excluding carboxylic acids is 1. The van der Waals surface area contributed by atoms with Crippen molar-refractivity contribution < 1.29 is 17.9 Å². The molecule has 30 heavy (non-hydrogen) atoms. The van der Waals surface area contributed by atoms with E-state index in [1.807, 2.05) is 24.3 Å². The lowest BCUT2D eigenvalue weighted by Gasteiger charge is -2.54. The zero-order valence-electron chi connectivity index (χ0n) is 17.1. The van der Waals surface area contributed by atoms with Crippen LogP contribution in [0.4, 0.5) is 0 Å². The van der Waals surface area contributed by atoms with Crippen LogP contribution < -0.4 is 4.74 Å². The summed E-state index contributed by atoms with van der Waals surface area (Å²) in [6, 6.07) is 8.17. The maximum Gasteiger partial charge on any atom is 0.256 e. The molecule has 0 atom stereocenters. The van der Waals surface area contributed by atoms with Gasteiger partial charge in [0.25, 0.3) is 10.0 Å². The van der Waals surface area contributed by atoms with Gasteiger partial charge in [0.05, 0.1) is 16.9 Å². The van der Waals surface area contributed by atoms with E-state index in [4.69, 9.17) is 4.74 Å². The summed E-state index contributed by atoms with van der Waals surface area (Å²) in [6.45, 7) is 0.976. The van der Waals surface area contributed by atoms with Gasteiger partial charge in [0.1, 0.15) is 18.2 Å². The molecule has 0 radical (unpaired) electrons. The van der Waals surface area contributed by atoms with Gasteiger partial charge in [0, 0.05) is 32.5 Å². The van der Waals surface area contributed by atoms with Crippen molar-refractivity contribution in [2.45, 2.75) is 44.6 Å². The van der Waals surface area contributed by atoms with E-state index in [1.165, 1.54) is 5.01 Å². The number of amides is 1. The average Bonchev–Trinajstić information content (AvgIpc) is 2.75. The van der Waals surface area contributed by atoms with Gasteiger partial charge in [-0.2, -0.15) is 5.10 Å². The Morgan fingerprint density at radius 3 is 2.60 bits per heavy atom. The van der Waals surface area contributed by atoms with E-state index in [-0.39, 0.29) is 17.1 Å². The summed E-state index contributed by atoms with van der Waals surface area (Å²) >= 11 is 0. The fourth-order valence-corrected chi connectivity index (χ4v) is 6.13. The number of hydrogen-bond acceptors (Lipinski definition) is 6. The second-order valence-corrected chi connectivity index (χ2v) is 10.4. The molecule has 8 nitrogen and oxygen atoms in total. The predicted octanol–water partition coefficient (Wildman–Crippen LogP) is 2.01. The molecule has 5 aliphatic rings. The van der Waals surface area contributed by atoms with E-state index in [0.717, 1.165) is 48.5 Å². The zero-order chi connectivity index (χ0) is 20.9. The van der Waals surface area contributed by atoms with Gasteiger partial charge in [0.15, 0.2) is 0 Å². The first-order valence-corrected chi connectivity index (χ1v) is 12.1. The van der Waals surface area contributed by atoms with Gasteiger partial charge in [0.2, 0.25) is 5.91 Å². The van der Waals surface area contributed by atoms with Crippen molar-refractivity contribution >= 4 is 27.5 Å². The van der Waals surface area contributed by atoms with Crippen molar-refractivity contribution in [2.75, 3.05) is 26.0 Å². The highest BCUT2D eigenvalue weighted by molar-refractivity contribution is 7.90. The molecule has 1 aliphatic carbocycles. The van der Waals surface area contributed by atoms with Crippen LogP contribution in [0.3, 0.4) is 0 Å².